The molecule has 1 aliphatic heterocycles. The van der Waals surface area contributed by atoms with Gasteiger partial charge in [0.2, 0.25) is 0 Å². The molecule has 2 heterocycles. The maximum absolute atomic E-state index is 13.3. The molecule has 0 radical (unpaired) electrons. The summed E-state index contributed by atoms with van der Waals surface area (Å²) in [5, 5.41) is 9.93. The number of β-amino-alcohol motifs (C(OH)–C–C–N with tert-alkyl or cyclic N) is 1. The summed E-state index contributed by atoms with van der Waals surface area (Å²) < 4.78 is 39.8. The first-order valence-corrected chi connectivity index (χ1v) is 7.44. The molecule has 1 aromatic carbocycles. The number of nitrogens with zero attached hydrogens (tertiary/aromatic N) is 2. The number of halogens is 3. The summed E-state index contributed by atoms with van der Waals surface area (Å²) in [4.78, 5) is 17.8. The molecule has 1 amide bonds. The smallest absolute Gasteiger partial charge is 0.391 e. The predicted octanol–water partition coefficient (Wildman–Crippen LogP) is 3.05. The number of carbonyl (C=O) groups is 1. The van der Waals surface area contributed by atoms with Crippen LogP contribution in [0.2, 0.25) is 0 Å². The minimum Gasteiger partial charge on any atom is -0.391 e. The lowest BCUT2D eigenvalue weighted by Gasteiger charge is -2.26. The fourth-order valence-electron chi connectivity index (χ4n) is 3.02. The third-order valence-corrected chi connectivity index (χ3v) is 4.05. The number of likely N-dealkylation sites (tertiary alicyclic amines) is 1. The molecule has 2 atom stereocenters. The van der Waals surface area contributed by atoms with E-state index in [9.17, 15) is 23.1 Å². The van der Waals surface area contributed by atoms with E-state index in [1.54, 1.807) is 12.1 Å². The van der Waals surface area contributed by atoms with Crippen molar-refractivity contribution in [2.75, 3.05) is 6.54 Å². The first kappa shape index (κ1) is 16.4. The van der Waals surface area contributed by atoms with Crippen molar-refractivity contribution in [3.05, 3.63) is 65.5 Å². The first-order chi connectivity index (χ1) is 11.4. The highest BCUT2D eigenvalue weighted by Crippen LogP contribution is 2.40. The molecule has 0 spiro atoms. The lowest BCUT2D eigenvalue weighted by Crippen LogP contribution is -2.33. The number of hydrogen-bond donors (Lipinski definition) is 1. The van der Waals surface area contributed by atoms with Gasteiger partial charge in [-0.1, -0.05) is 24.3 Å². The number of rotatable bonds is 2. The van der Waals surface area contributed by atoms with Crippen molar-refractivity contribution in [2.45, 2.75) is 24.7 Å². The summed E-state index contributed by atoms with van der Waals surface area (Å²) in [7, 11) is 0. The van der Waals surface area contributed by atoms with Gasteiger partial charge in [-0.3, -0.25) is 9.78 Å². The highest BCUT2D eigenvalue weighted by atomic mass is 19.4. The molecule has 1 aliphatic rings. The maximum Gasteiger partial charge on any atom is 0.416 e. The number of amides is 1. The molecule has 1 N–H and O–H groups in total. The maximum atomic E-state index is 13.3. The lowest BCUT2D eigenvalue weighted by atomic mass is 9.97. The number of aliphatic hydroxyl groups excluding tert-OH is 1. The molecule has 24 heavy (non-hydrogen) atoms. The third kappa shape index (κ3) is 3.12. The normalized spacial score (nSPS) is 21.1. The molecule has 126 valence electrons. The Hall–Kier alpha value is -2.41. The second kappa shape index (κ2) is 6.24. The molecule has 0 aliphatic carbocycles. The van der Waals surface area contributed by atoms with Gasteiger partial charge in [-0.25, -0.2) is 0 Å². The number of aromatic nitrogens is 1. The van der Waals surface area contributed by atoms with Crippen molar-refractivity contribution in [2.24, 2.45) is 0 Å². The fourth-order valence-corrected chi connectivity index (χ4v) is 3.02. The molecular formula is C17H15F3N2O2. The molecule has 0 unspecified atom stereocenters. The van der Waals surface area contributed by atoms with Crippen LogP contribution in [-0.2, 0) is 6.18 Å². The van der Waals surface area contributed by atoms with Crippen LogP contribution in [0.5, 0.6) is 0 Å². The Kier molecular flexibility index (Phi) is 4.28. The molecule has 4 nitrogen and oxygen atoms in total. The molecular weight excluding hydrogens is 321 g/mol. The van der Waals surface area contributed by atoms with E-state index in [4.69, 9.17) is 0 Å². The van der Waals surface area contributed by atoms with Crippen LogP contribution in [0.25, 0.3) is 0 Å². The van der Waals surface area contributed by atoms with E-state index in [0.29, 0.717) is 0 Å². The van der Waals surface area contributed by atoms with Crippen LogP contribution < -0.4 is 0 Å². The van der Waals surface area contributed by atoms with Crippen molar-refractivity contribution in [3.8, 4) is 0 Å². The van der Waals surface area contributed by atoms with E-state index in [-0.39, 0.29) is 24.2 Å². The van der Waals surface area contributed by atoms with Crippen LogP contribution in [0, 0.1) is 0 Å². The Labute approximate surface area is 136 Å². The van der Waals surface area contributed by atoms with Crippen molar-refractivity contribution >= 4 is 5.91 Å². The Morgan fingerprint density at radius 3 is 2.54 bits per heavy atom. The van der Waals surface area contributed by atoms with Crippen molar-refractivity contribution < 1.29 is 23.1 Å². The zero-order chi connectivity index (χ0) is 17.3. The number of carbonyl (C=O) groups excluding carboxylic acids is 1. The van der Waals surface area contributed by atoms with Gasteiger partial charge in [0.05, 0.1) is 17.7 Å². The number of aliphatic hydroxyl groups is 1. The zero-order valence-electron chi connectivity index (χ0n) is 12.6. The monoisotopic (exact) mass is 336 g/mol. The standard InChI is InChI=1S/C17H15F3N2O2/c18-17(19,20)13-6-2-1-5-12(13)15-9-11(23)10-22(15)16(24)14-7-3-4-8-21-14/h1-8,11,15,23H,9-10H2/t11-,15-/m1/s1. The van der Waals surface area contributed by atoms with Gasteiger partial charge in [-0.2, -0.15) is 13.2 Å². The highest BCUT2D eigenvalue weighted by molar-refractivity contribution is 5.92. The molecule has 0 saturated carbocycles. The van der Waals surface area contributed by atoms with Gasteiger partial charge >= 0.3 is 6.18 Å². The summed E-state index contributed by atoms with van der Waals surface area (Å²) in [6.07, 6.45) is -3.89. The van der Waals surface area contributed by atoms with Crippen molar-refractivity contribution in [1.29, 1.82) is 0 Å². The molecule has 0 bridgehead atoms. The van der Waals surface area contributed by atoms with Crippen LogP contribution in [0.4, 0.5) is 13.2 Å². The van der Waals surface area contributed by atoms with Gasteiger partial charge in [0.25, 0.3) is 5.91 Å². The van der Waals surface area contributed by atoms with E-state index in [1.807, 2.05) is 0 Å². The number of pyridine rings is 1. The van der Waals surface area contributed by atoms with Gasteiger partial charge < -0.3 is 10.0 Å². The van der Waals surface area contributed by atoms with E-state index >= 15 is 0 Å². The fraction of sp³-hybridized carbons (Fsp3) is 0.294. The van der Waals surface area contributed by atoms with E-state index in [0.717, 1.165) is 6.07 Å². The Balaban J connectivity index is 1.99. The number of benzene rings is 1. The highest BCUT2D eigenvalue weighted by Gasteiger charge is 2.41. The minimum absolute atomic E-state index is 0.00849. The largest absolute Gasteiger partial charge is 0.416 e. The van der Waals surface area contributed by atoms with Gasteiger partial charge in [-0.05, 0) is 30.2 Å². The molecule has 7 heteroatoms. The molecule has 1 aromatic heterocycles. The van der Waals surface area contributed by atoms with Crippen LogP contribution in [-0.4, -0.2) is 33.5 Å². The molecule has 3 rings (SSSR count). The summed E-state index contributed by atoms with van der Waals surface area (Å²) in [6.45, 7) is -0.0216. The molecule has 1 saturated heterocycles. The van der Waals surface area contributed by atoms with Gasteiger partial charge in [0, 0.05) is 12.7 Å². The first-order valence-electron chi connectivity index (χ1n) is 7.44. The van der Waals surface area contributed by atoms with Crippen molar-refractivity contribution in [3.63, 3.8) is 0 Å². The lowest BCUT2D eigenvalue weighted by molar-refractivity contribution is -0.138. The average Bonchev–Trinajstić information content (AvgIpc) is 2.96. The topological polar surface area (TPSA) is 53.4 Å². The average molecular weight is 336 g/mol. The van der Waals surface area contributed by atoms with Crippen molar-refractivity contribution in [1.82, 2.24) is 9.88 Å². The second-order valence-electron chi connectivity index (χ2n) is 5.66. The Morgan fingerprint density at radius 2 is 1.88 bits per heavy atom. The number of hydrogen-bond acceptors (Lipinski definition) is 3. The Morgan fingerprint density at radius 1 is 1.17 bits per heavy atom. The zero-order valence-corrected chi connectivity index (χ0v) is 12.6. The second-order valence-corrected chi connectivity index (χ2v) is 5.66. The molecule has 1 fully saturated rings. The summed E-state index contributed by atoms with van der Waals surface area (Å²) in [5.41, 5.74) is -0.658. The third-order valence-electron chi connectivity index (χ3n) is 4.05. The Bertz CT molecular complexity index is 734. The number of alkyl halides is 3. The summed E-state index contributed by atoms with van der Waals surface area (Å²) in [6, 6.07) is 9.08. The van der Waals surface area contributed by atoms with E-state index in [2.05, 4.69) is 4.98 Å². The van der Waals surface area contributed by atoms with Crippen LogP contribution in [0.3, 0.4) is 0 Å². The van der Waals surface area contributed by atoms with E-state index < -0.39 is 29.8 Å². The summed E-state index contributed by atoms with van der Waals surface area (Å²) >= 11 is 0. The van der Waals surface area contributed by atoms with Crippen LogP contribution in [0.1, 0.15) is 34.1 Å². The van der Waals surface area contributed by atoms with Crippen LogP contribution in [0.15, 0.2) is 48.7 Å². The van der Waals surface area contributed by atoms with Gasteiger partial charge in [0.1, 0.15) is 5.69 Å². The SMILES string of the molecule is O=C(c1ccccn1)N1C[C@H](O)C[C@@H]1c1ccccc1C(F)(F)F. The quantitative estimate of drug-likeness (QED) is 0.917. The van der Waals surface area contributed by atoms with Gasteiger partial charge in [-0.15, -0.1) is 0 Å². The molecule has 2 aromatic rings. The van der Waals surface area contributed by atoms with Crippen LogP contribution >= 0.6 is 0 Å². The van der Waals surface area contributed by atoms with Gasteiger partial charge in [0.15, 0.2) is 0 Å². The predicted molar refractivity (Wildman–Crippen MR) is 80.1 cm³/mol. The minimum atomic E-state index is -4.52. The van der Waals surface area contributed by atoms with E-state index in [1.165, 1.54) is 35.4 Å². The summed E-state index contributed by atoms with van der Waals surface area (Å²) in [5.74, 6) is -0.492.